The summed E-state index contributed by atoms with van der Waals surface area (Å²) in [7, 11) is 0. The molecule has 7 nitrogen and oxygen atoms in total. The Bertz CT molecular complexity index is 868. The van der Waals surface area contributed by atoms with Gasteiger partial charge in [-0.2, -0.15) is 5.10 Å². The Kier molecular flexibility index (Phi) is 5.18. The van der Waals surface area contributed by atoms with Crippen molar-refractivity contribution in [2.24, 2.45) is 5.92 Å². The van der Waals surface area contributed by atoms with Crippen LogP contribution in [0.1, 0.15) is 31.9 Å². The predicted molar refractivity (Wildman–Crippen MR) is 105 cm³/mol. The first-order valence-electron chi connectivity index (χ1n) is 9.81. The molecule has 0 saturated carbocycles. The summed E-state index contributed by atoms with van der Waals surface area (Å²) in [6.45, 7) is 8.21. The Balaban J connectivity index is 1.51. The van der Waals surface area contributed by atoms with E-state index in [0.717, 1.165) is 55.5 Å². The number of piperidine rings is 1. The van der Waals surface area contributed by atoms with Gasteiger partial charge in [0.05, 0.1) is 18.2 Å². The minimum atomic E-state index is 0.592. The van der Waals surface area contributed by atoms with Gasteiger partial charge in [0.25, 0.3) is 0 Å². The maximum atomic E-state index is 4.87. The van der Waals surface area contributed by atoms with Crippen molar-refractivity contribution in [3.05, 3.63) is 42.9 Å². The number of imidazole rings is 1. The molecule has 1 fully saturated rings. The fourth-order valence-electron chi connectivity index (χ4n) is 3.87. The summed E-state index contributed by atoms with van der Waals surface area (Å²) in [6.07, 6.45) is 13.0. The molecule has 142 valence electrons. The maximum Gasteiger partial charge on any atom is 0.225 e. The van der Waals surface area contributed by atoms with Crippen molar-refractivity contribution in [3.63, 3.8) is 0 Å². The van der Waals surface area contributed by atoms with Crippen molar-refractivity contribution < 1.29 is 0 Å². The molecule has 0 N–H and O–H groups in total. The van der Waals surface area contributed by atoms with E-state index in [9.17, 15) is 0 Å². The van der Waals surface area contributed by atoms with E-state index in [1.54, 1.807) is 0 Å². The second-order valence-corrected chi connectivity index (χ2v) is 7.32. The van der Waals surface area contributed by atoms with Crippen LogP contribution < -0.4 is 4.90 Å². The smallest absolute Gasteiger partial charge is 0.225 e. The predicted octanol–water partition coefficient (Wildman–Crippen LogP) is 3.17. The van der Waals surface area contributed by atoms with Crippen LogP contribution in [0, 0.1) is 12.8 Å². The molecule has 0 aliphatic carbocycles. The Morgan fingerprint density at radius 3 is 3.00 bits per heavy atom. The molecule has 27 heavy (non-hydrogen) atoms. The quantitative estimate of drug-likeness (QED) is 0.671. The van der Waals surface area contributed by atoms with Crippen LogP contribution in [-0.2, 0) is 13.1 Å². The molecule has 1 aliphatic rings. The summed E-state index contributed by atoms with van der Waals surface area (Å²) >= 11 is 0. The number of hydrogen-bond donors (Lipinski definition) is 0. The van der Waals surface area contributed by atoms with Gasteiger partial charge in [-0.3, -0.25) is 4.68 Å². The van der Waals surface area contributed by atoms with E-state index in [1.807, 2.05) is 37.2 Å². The molecule has 3 aromatic rings. The highest BCUT2D eigenvalue weighted by atomic mass is 15.3. The van der Waals surface area contributed by atoms with E-state index in [4.69, 9.17) is 4.98 Å². The van der Waals surface area contributed by atoms with E-state index in [1.165, 1.54) is 12.8 Å². The lowest BCUT2D eigenvalue weighted by Gasteiger charge is -2.33. The first kappa shape index (κ1) is 17.7. The lowest BCUT2D eigenvalue weighted by molar-refractivity contribution is 0.364. The molecule has 0 spiro atoms. The van der Waals surface area contributed by atoms with Crippen LogP contribution in [0.3, 0.4) is 0 Å². The fourth-order valence-corrected chi connectivity index (χ4v) is 3.87. The van der Waals surface area contributed by atoms with Crippen molar-refractivity contribution in [2.45, 2.75) is 46.2 Å². The van der Waals surface area contributed by atoms with Crippen LogP contribution in [0.15, 0.2) is 37.2 Å². The largest absolute Gasteiger partial charge is 0.340 e. The highest BCUT2D eigenvalue weighted by Gasteiger charge is 2.22. The minimum absolute atomic E-state index is 0.592. The maximum absolute atomic E-state index is 4.87. The Hall–Kier alpha value is -2.70. The zero-order valence-electron chi connectivity index (χ0n) is 16.1. The van der Waals surface area contributed by atoms with E-state index in [0.29, 0.717) is 5.92 Å². The highest BCUT2D eigenvalue weighted by Crippen LogP contribution is 2.25. The van der Waals surface area contributed by atoms with Crippen molar-refractivity contribution in [2.75, 3.05) is 18.0 Å². The summed E-state index contributed by atoms with van der Waals surface area (Å²) in [4.78, 5) is 15.9. The molecule has 4 rings (SSSR count). The zero-order chi connectivity index (χ0) is 18.6. The molecule has 1 atom stereocenters. The number of nitrogens with zero attached hydrogens (tertiary/aromatic N) is 7. The molecular formula is C20H27N7. The zero-order valence-corrected chi connectivity index (χ0v) is 16.1. The monoisotopic (exact) mass is 365 g/mol. The second-order valence-electron chi connectivity index (χ2n) is 7.32. The molecule has 7 heteroatoms. The minimum Gasteiger partial charge on any atom is -0.340 e. The standard InChI is InChI=1S/C20H27N7/c1-3-9-27-16(2)18(12-23-27)19-6-7-22-20(24-19)26-10-4-5-17(14-26)13-25-11-8-21-15-25/h6-8,11-12,15,17H,3-5,9-10,13-14H2,1-2H3. The first-order chi connectivity index (χ1) is 13.2. The van der Waals surface area contributed by atoms with Crippen LogP contribution in [-0.4, -0.2) is 42.4 Å². The van der Waals surface area contributed by atoms with Gasteiger partial charge in [-0.25, -0.2) is 15.0 Å². The molecule has 4 heterocycles. The van der Waals surface area contributed by atoms with E-state index in [2.05, 4.69) is 43.1 Å². The number of aromatic nitrogens is 6. The van der Waals surface area contributed by atoms with Crippen LogP contribution in [0.4, 0.5) is 5.95 Å². The number of rotatable bonds is 6. The van der Waals surface area contributed by atoms with Gasteiger partial charge in [0, 0.05) is 56.0 Å². The third-order valence-corrected chi connectivity index (χ3v) is 5.29. The van der Waals surface area contributed by atoms with Crippen LogP contribution >= 0.6 is 0 Å². The van der Waals surface area contributed by atoms with Gasteiger partial charge in [0.2, 0.25) is 5.95 Å². The first-order valence-corrected chi connectivity index (χ1v) is 9.81. The van der Waals surface area contributed by atoms with Gasteiger partial charge in [-0.15, -0.1) is 0 Å². The number of hydrogen-bond acceptors (Lipinski definition) is 5. The number of aryl methyl sites for hydroxylation is 1. The van der Waals surface area contributed by atoms with Gasteiger partial charge >= 0.3 is 0 Å². The summed E-state index contributed by atoms with van der Waals surface area (Å²) in [6, 6.07) is 1.98. The SMILES string of the molecule is CCCn1ncc(-c2ccnc(N3CCCC(Cn4ccnc4)C3)n2)c1C. The lowest BCUT2D eigenvalue weighted by atomic mass is 9.98. The molecule has 0 amide bonds. The Morgan fingerprint density at radius 1 is 1.26 bits per heavy atom. The normalized spacial score (nSPS) is 17.4. The highest BCUT2D eigenvalue weighted by molar-refractivity contribution is 5.62. The lowest BCUT2D eigenvalue weighted by Crippen LogP contribution is -2.38. The van der Waals surface area contributed by atoms with Crippen LogP contribution in [0.25, 0.3) is 11.3 Å². The third-order valence-electron chi connectivity index (χ3n) is 5.29. The van der Waals surface area contributed by atoms with Crippen molar-refractivity contribution in [3.8, 4) is 11.3 Å². The second kappa shape index (κ2) is 7.90. The van der Waals surface area contributed by atoms with E-state index < -0.39 is 0 Å². The molecule has 1 aliphatic heterocycles. The molecule has 0 aromatic carbocycles. The van der Waals surface area contributed by atoms with Crippen LogP contribution in [0.2, 0.25) is 0 Å². The molecule has 3 aromatic heterocycles. The van der Waals surface area contributed by atoms with E-state index >= 15 is 0 Å². The van der Waals surface area contributed by atoms with Gasteiger partial charge < -0.3 is 9.47 Å². The van der Waals surface area contributed by atoms with Crippen LogP contribution in [0.5, 0.6) is 0 Å². The molecule has 1 unspecified atom stereocenters. The average Bonchev–Trinajstić information content (AvgIpc) is 3.33. The Morgan fingerprint density at radius 2 is 2.19 bits per heavy atom. The molecular weight excluding hydrogens is 338 g/mol. The van der Waals surface area contributed by atoms with Gasteiger partial charge in [-0.05, 0) is 38.2 Å². The molecule has 0 radical (unpaired) electrons. The summed E-state index contributed by atoms with van der Waals surface area (Å²) in [5.74, 6) is 1.42. The Labute approximate surface area is 160 Å². The summed E-state index contributed by atoms with van der Waals surface area (Å²) in [5.41, 5.74) is 3.22. The van der Waals surface area contributed by atoms with Crippen molar-refractivity contribution in [1.29, 1.82) is 0 Å². The fraction of sp³-hybridized carbons (Fsp3) is 0.500. The topological polar surface area (TPSA) is 64.7 Å². The van der Waals surface area contributed by atoms with Gasteiger partial charge in [-0.1, -0.05) is 6.92 Å². The van der Waals surface area contributed by atoms with Gasteiger partial charge in [0.15, 0.2) is 0 Å². The number of anilines is 1. The molecule has 0 bridgehead atoms. The van der Waals surface area contributed by atoms with Crippen molar-refractivity contribution in [1.82, 2.24) is 29.3 Å². The van der Waals surface area contributed by atoms with Gasteiger partial charge in [0.1, 0.15) is 0 Å². The van der Waals surface area contributed by atoms with Crippen molar-refractivity contribution >= 4 is 5.95 Å². The average molecular weight is 365 g/mol. The molecule has 1 saturated heterocycles. The summed E-state index contributed by atoms with van der Waals surface area (Å²) < 4.78 is 4.22. The van der Waals surface area contributed by atoms with E-state index in [-0.39, 0.29) is 0 Å². The third kappa shape index (κ3) is 3.86. The summed E-state index contributed by atoms with van der Waals surface area (Å²) in [5, 5.41) is 4.51.